The zero-order valence-electron chi connectivity index (χ0n) is 15.3. The van der Waals surface area contributed by atoms with Crippen LogP contribution in [0, 0.1) is 13.8 Å². The molecule has 2 heterocycles. The van der Waals surface area contributed by atoms with Crippen molar-refractivity contribution in [2.45, 2.75) is 13.8 Å². The molecule has 0 amide bonds. The second kappa shape index (κ2) is 7.26. The van der Waals surface area contributed by atoms with Crippen molar-refractivity contribution in [3.63, 3.8) is 0 Å². The molecule has 4 rings (SSSR count). The van der Waals surface area contributed by atoms with Gasteiger partial charge < -0.3 is 10.1 Å². The summed E-state index contributed by atoms with van der Waals surface area (Å²) in [4.78, 5) is 21.5. The summed E-state index contributed by atoms with van der Waals surface area (Å²) in [5.74, 6) is 0.595. The van der Waals surface area contributed by atoms with E-state index >= 15 is 0 Å². The number of nitrogens with zero attached hydrogens (tertiary/aromatic N) is 1. The highest BCUT2D eigenvalue weighted by atomic mass is 35.5. The minimum Gasteiger partial charge on any atom is -0.507 e. The Morgan fingerprint density at radius 1 is 1.14 bits per heavy atom. The highest BCUT2D eigenvalue weighted by Crippen LogP contribution is 2.32. The SMILES string of the molecule is Cc1cc(/C=C(\Cl)c2nc3sc(-c4ccccc4)cc3c(=O)[nH]2)cc(C)c1O. The molecule has 0 spiro atoms. The normalized spacial score (nSPS) is 11.9. The number of benzene rings is 2. The fourth-order valence-corrected chi connectivity index (χ4v) is 4.33. The Morgan fingerprint density at radius 2 is 1.82 bits per heavy atom. The Hall–Kier alpha value is -2.89. The molecule has 0 aliphatic heterocycles. The number of rotatable bonds is 3. The molecular formula is C22H17ClN2O2S. The fourth-order valence-electron chi connectivity index (χ4n) is 3.08. The average Bonchev–Trinajstić information content (AvgIpc) is 3.11. The molecule has 0 radical (unpaired) electrons. The maximum absolute atomic E-state index is 12.5. The number of aryl methyl sites for hydroxylation is 2. The number of H-pyrrole nitrogens is 1. The first-order chi connectivity index (χ1) is 13.4. The average molecular weight is 409 g/mol. The van der Waals surface area contributed by atoms with E-state index in [1.165, 1.54) is 11.3 Å². The van der Waals surface area contributed by atoms with Gasteiger partial charge in [0.15, 0.2) is 5.82 Å². The molecule has 6 heteroatoms. The van der Waals surface area contributed by atoms with Crippen molar-refractivity contribution < 1.29 is 5.11 Å². The highest BCUT2D eigenvalue weighted by Gasteiger charge is 2.12. The van der Waals surface area contributed by atoms with Gasteiger partial charge in [-0.05, 0) is 60.4 Å². The largest absolute Gasteiger partial charge is 0.507 e. The van der Waals surface area contributed by atoms with E-state index in [0.29, 0.717) is 21.1 Å². The molecule has 0 bridgehead atoms. The monoisotopic (exact) mass is 408 g/mol. The first-order valence-electron chi connectivity index (χ1n) is 8.69. The smallest absolute Gasteiger partial charge is 0.259 e. The number of phenolic OH excluding ortho intramolecular Hbond substituents is 1. The minimum absolute atomic E-state index is 0.219. The highest BCUT2D eigenvalue weighted by molar-refractivity contribution is 7.21. The van der Waals surface area contributed by atoms with E-state index in [1.807, 2.05) is 62.4 Å². The maximum atomic E-state index is 12.5. The van der Waals surface area contributed by atoms with Crippen LogP contribution in [-0.2, 0) is 0 Å². The lowest BCUT2D eigenvalue weighted by Crippen LogP contribution is -2.09. The Morgan fingerprint density at radius 3 is 2.50 bits per heavy atom. The van der Waals surface area contributed by atoms with Crippen molar-refractivity contribution in [3.8, 4) is 16.2 Å². The van der Waals surface area contributed by atoms with E-state index in [-0.39, 0.29) is 11.3 Å². The molecule has 2 aromatic heterocycles. The zero-order valence-corrected chi connectivity index (χ0v) is 16.9. The Kier molecular flexibility index (Phi) is 4.79. The third kappa shape index (κ3) is 3.46. The number of hydrogen-bond acceptors (Lipinski definition) is 4. The van der Waals surface area contributed by atoms with Gasteiger partial charge >= 0.3 is 0 Å². The maximum Gasteiger partial charge on any atom is 0.259 e. The Labute approximate surface area is 170 Å². The third-order valence-corrected chi connectivity index (χ3v) is 5.86. The van der Waals surface area contributed by atoms with E-state index in [4.69, 9.17) is 11.6 Å². The molecule has 28 heavy (non-hydrogen) atoms. The van der Waals surface area contributed by atoms with Gasteiger partial charge in [0.25, 0.3) is 5.56 Å². The van der Waals surface area contributed by atoms with Crippen LogP contribution in [0.25, 0.3) is 31.8 Å². The van der Waals surface area contributed by atoms with Gasteiger partial charge in [-0.1, -0.05) is 41.9 Å². The zero-order chi connectivity index (χ0) is 19.8. The summed E-state index contributed by atoms with van der Waals surface area (Å²) in [6, 6.07) is 15.4. The van der Waals surface area contributed by atoms with Crippen LogP contribution < -0.4 is 5.56 Å². The Bertz CT molecular complexity index is 1250. The number of nitrogens with one attached hydrogen (secondary N) is 1. The molecule has 140 valence electrons. The minimum atomic E-state index is -0.219. The standard InChI is InChI=1S/C22H17ClN2O2S/c1-12-8-14(9-13(2)19(12)26)10-17(23)20-24-21(27)16-11-18(28-22(16)25-20)15-6-4-3-5-7-15/h3-11,26H,1-2H3,(H,24,25,27)/b17-10-. The lowest BCUT2D eigenvalue weighted by atomic mass is 10.1. The van der Waals surface area contributed by atoms with Gasteiger partial charge in [0.05, 0.1) is 10.4 Å². The molecule has 4 aromatic rings. The molecule has 0 aliphatic carbocycles. The fraction of sp³-hybridized carbons (Fsp3) is 0.0909. The number of phenols is 1. The molecule has 2 N–H and O–H groups in total. The topological polar surface area (TPSA) is 66.0 Å². The van der Waals surface area contributed by atoms with Crippen LogP contribution in [0.5, 0.6) is 5.75 Å². The quantitative estimate of drug-likeness (QED) is 0.456. The van der Waals surface area contributed by atoms with E-state index in [2.05, 4.69) is 9.97 Å². The Balaban J connectivity index is 1.78. The predicted octanol–water partition coefficient (Wildman–Crippen LogP) is 5.71. The van der Waals surface area contributed by atoms with Crippen LogP contribution >= 0.6 is 22.9 Å². The summed E-state index contributed by atoms with van der Waals surface area (Å²) in [6.45, 7) is 3.66. The molecule has 0 atom stereocenters. The number of thiophene rings is 1. The lowest BCUT2D eigenvalue weighted by molar-refractivity contribution is 0.467. The van der Waals surface area contributed by atoms with E-state index in [9.17, 15) is 9.90 Å². The second-order valence-electron chi connectivity index (χ2n) is 6.61. The van der Waals surface area contributed by atoms with Gasteiger partial charge in [-0.25, -0.2) is 4.98 Å². The van der Waals surface area contributed by atoms with Gasteiger partial charge in [-0.3, -0.25) is 4.79 Å². The molecule has 0 saturated carbocycles. The van der Waals surface area contributed by atoms with Crippen molar-refractivity contribution in [3.05, 3.63) is 81.4 Å². The summed E-state index contributed by atoms with van der Waals surface area (Å²) >= 11 is 7.91. The summed E-state index contributed by atoms with van der Waals surface area (Å²) in [6.07, 6.45) is 1.73. The number of hydrogen-bond donors (Lipinski definition) is 2. The second-order valence-corrected chi connectivity index (χ2v) is 8.04. The van der Waals surface area contributed by atoms with Crippen LogP contribution in [0.3, 0.4) is 0 Å². The van der Waals surface area contributed by atoms with Crippen LogP contribution in [0.1, 0.15) is 22.5 Å². The van der Waals surface area contributed by atoms with Gasteiger partial charge in [-0.2, -0.15) is 0 Å². The number of aromatic amines is 1. The molecule has 2 aromatic carbocycles. The summed E-state index contributed by atoms with van der Waals surface area (Å²) in [7, 11) is 0. The first-order valence-corrected chi connectivity index (χ1v) is 9.89. The summed E-state index contributed by atoms with van der Waals surface area (Å²) < 4.78 is 0. The molecule has 0 unspecified atom stereocenters. The van der Waals surface area contributed by atoms with E-state index in [0.717, 1.165) is 27.1 Å². The third-order valence-electron chi connectivity index (χ3n) is 4.49. The van der Waals surface area contributed by atoms with Crippen LogP contribution in [0.4, 0.5) is 0 Å². The van der Waals surface area contributed by atoms with Crippen LogP contribution in [0.2, 0.25) is 0 Å². The first kappa shape index (κ1) is 18.5. The number of fused-ring (bicyclic) bond motifs is 1. The molecule has 4 nitrogen and oxygen atoms in total. The van der Waals surface area contributed by atoms with E-state index < -0.39 is 0 Å². The van der Waals surface area contributed by atoms with Gasteiger partial charge in [-0.15, -0.1) is 11.3 Å². The van der Waals surface area contributed by atoms with Gasteiger partial charge in [0.1, 0.15) is 10.6 Å². The van der Waals surface area contributed by atoms with E-state index in [1.54, 1.807) is 6.08 Å². The number of aromatic nitrogens is 2. The van der Waals surface area contributed by atoms with Crippen molar-refractivity contribution in [2.75, 3.05) is 0 Å². The molecule has 0 fully saturated rings. The summed E-state index contributed by atoms with van der Waals surface area (Å²) in [5.41, 5.74) is 3.18. The van der Waals surface area contributed by atoms with Crippen molar-refractivity contribution >= 4 is 44.3 Å². The molecular weight excluding hydrogens is 392 g/mol. The van der Waals surface area contributed by atoms with Gasteiger partial charge in [0, 0.05) is 4.88 Å². The van der Waals surface area contributed by atoms with Crippen molar-refractivity contribution in [1.82, 2.24) is 9.97 Å². The lowest BCUT2D eigenvalue weighted by Gasteiger charge is -2.05. The number of aromatic hydroxyl groups is 1. The van der Waals surface area contributed by atoms with Gasteiger partial charge in [0.2, 0.25) is 0 Å². The van der Waals surface area contributed by atoms with Crippen LogP contribution in [0.15, 0.2) is 53.3 Å². The molecule has 0 aliphatic rings. The molecule has 0 saturated heterocycles. The summed E-state index contributed by atoms with van der Waals surface area (Å²) in [5, 5.41) is 10.8. The van der Waals surface area contributed by atoms with Crippen molar-refractivity contribution in [1.29, 1.82) is 0 Å². The van der Waals surface area contributed by atoms with Crippen molar-refractivity contribution in [2.24, 2.45) is 0 Å². The number of halogens is 1. The predicted molar refractivity (Wildman–Crippen MR) is 117 cm³/mol. The van der Waals surface area contributed by atoms with Crippen LogP contribution in [-0.4, -0.2) is 15.1 Å².